The minimum Gasteiger partial charge on any atom is -0.350 e. The fourth-order valence-electron chi connectivity index (χ4n) is 3.54. The second-order valence-corrected chi connectivity index (χ2v) is 10.0. The maximum Gasteiger partial charge on any atom is 0.251 e. The Kier molecular flexibility index (Phi) is 6.54. The molecule has 28 heavy (non-hydrogen) atoms. The molecule has 1 aliphatic heterocycles. The largest absolute Gasteiger partial charge is 0.350 e. The lowest BCUT2D eigenvalue weighted by atomic mass is 9.97. The van der Waals surface area contributed by atoms with Crippen LogP contribution in [0.15, 0.2) is 40.6 Å². The molecule has 0 aliphatic carbocycles. The summed E-state index contributed by atoms with van der Waals surface area (Å²) in [6.45, 7) is 6.57. The van der Waals surface area contributed by atoms with E-state index in [1.807, 2.05) is 6.07 Å². The summed E-state index contributed by atoms with van der Waals surface area (Å²) in [6, 6.07) is 8.64. The van der Waals surface area contributed by atoms with Gasteiger partial charge in [0.15, 0.2) is 0 Å². The highest BCUT2D eigenvalue weighted by molar-refractivity contribution is 7.89. The Balaban J connectivity index is 1.75. The molecular weight excluding hydrogens is 394 g/mol. The number of thiophene rings is 1. The van der Waals surface area contributed by atoms with Crippen LogP contribution in [-0.4, -0.2) is 38.9 Å². The van der Waals surface area contributed by atoms with Crippen molar-refractivity contribution in [2.24, 2.45) is 11.1 Å². The Morgan fingerprint density at radius 3 is 2.64 bits per heavy atom. The molecule has 1 aliphatic rings. The van der Waals surface area contributed by atoms with Crippen molar-refractivity contribution in [2.45, 2.75) is 37.6 Å². The van der Waals surface area contributed by atoms with Gasteiger partial charge in [0.25, 0.3) is 5.91 Å². The summed E-state index contributed by atoms with van der Waals surface area (Å²) in [6.07, 6.45) is 2.32. The molecule has 1 saturated heterocycles. The first-order valence-corrected chi connectivity index (χ1v) is 11.9. The van der Waals surface area contributed by atoms with Crippen LogP contribution >= 0.6 is 11.3 Å². The number of sulfonamides is 1. The molecule has 3 N–H and O–H groups in total. The molecule has 0 radical (unpaired) electrons. The third kappa shape index (κ3) is 5.00. The number of nitrogens with zero attached hydrogens (tertiary/aromatic N) is 1. The van der Waals surface area contributed by atoms with E-state index in [4.69, 9.17) is 5.14 Å². The molecule has 0 saturated carbocycles. The van der Waals surface area contributed by atoms with Crippen LogP contribution in [0, 0.1) is 12.8 Å². The van der Waals surface area contributed by atoms with Gasteiger partial charge in [0, 0.05) is 17.0 Å². The average molecular weight is 422 g/mol. The number of piperidine rings is 1. The molecule has 1 fully saturated rings. The van der Waals surface area contributed by atoms with Gasteiger partial charge in [-0.1, -0.05) is 19.1 Å². The van der Waals surface area contributed by atoms with Crippen LogP contribution in [-0.2, 0) is 10.0 Å². The third-order valence-electron chi connectivity index (χ3n) is 5.37. The summed E-state index contributed by atoms with van der Waals surface area (Å²) in [5.74, 6) is 0.452. The Labute approximate surface area is 170 Å². The first kappa shape index (κ1) is 21.0. The number of hydrogen-bond acceptors (Lipinski definition) is 5. The Bertz CT molecular complexity index is 918. The standard InChI is InChI=1S/C20H27N3O3S2/c1-14-7-9-23(10-8-14)18(19-4-3-11-27-19)13-22-20(24)17-12-16(28(21,25)26)6-5-15(17)2/h3-6,11-12,14,18H,7-10,13H2,1-2H3,(H,22,24)(H2,21,25,26). The molecular formula is C20H27N3O3S2. The van der Waals surface area contributed by atoms with E-state index in [0.29, 0.717) is 17.7 Å². The van der Waals surface area contributed by atoms with E-state index >= 15 is 0 Å². The van der Waals surface area contributed by atoms with Gasteiger partial charge in [0.2, 0.25) is 10.0 Å². The quantitative estimate of drug-likeness (QED) is 0.750. The second kappa shape index (κ2) is 8.73. The number of nitrogens with two attached hydrogens (primary N) is 1. The lowest BCUT2D eigenvalue weighted by Gasteiger charge is -2.36. The number of hydrogen-bond donors (Lipinski definition) is 2. The zero-order valence-corrected chi connectivity index (χ0v) is 17.9. The minimum absolute atomic E-state index is 0.0527. The van der Waals surface area contributed by atoms with Crippen molar-refractivity contribution >= 4 is 27.3 Å². The number of carbonyl (C=O) groups is 1. The predicted octanol–water partition coefficient (Wildman–Crippen LogP) is 2.91. The second-order valence-electron chi connectivity index (χ2n) is 7.48. The number of primary sulfonamides is 1. The van der Waals surface area contributed by atoms with E-state index < -0.39 is 10.0 Å². The molecule has 152 valence electrons. The smallest absolute Gasteiger partial charge is 0.251 e. The van der Waals surface area contributed by atoms with Crippen LogP contribution in [0.3, 0.4) is 0 Å². The van der Waals surface area contributed by atoms with Crippen LogP contribution in [0.4, 0.5) is 0 Å². The van der Waals surface area contributed by atoms with Crippen LogP contribution in [0.25, 0.3) is 0 Å². The van der Waals surface area contributed by atoms with Gasteiger partial charge >= 0.3 is 0 Å². The van der Waals surface area contributed by atoms with E-state index in [2.05, 4.69) is 28.6 Å². The van der Waals surface area contributed by atoms with Crippen LogP contribution in [0.5, 0.6) is 0 Å². The monoisotopic (exact) mass is 421 g/mol. The van der Waals surface area contributed by atoms with Crippen molar-refractivity contribution < 1.29 is 13.2 Å². The fraction of sp³-hybridized carbons (Fsp3) is 0.450. The van der Waals surface area contributed by atoms with Crippen LogP contribution in [0.2, 0.25) is 0 Å². The van der Waals surface area contributed by atoms with Crippen molar-refractivity contribution in [3.05, 3.63) is 51.7 Å². The third-order valence-corrected chi connectivity index (χ3v) is 7.25. The SMILES string of the molecule is Cc1ccc(S(N)(=O)=O)cc1C(=O)NCC(c1cccs1)N1CCC(C)CC1. The van der Waals surface area contributed by atoms with E-state index in [0.717, 1.165) is 31.8 Å². The topological polar surface area (TPSA) is 92.5 Å². The van der Waals surface area contributed by atoms with Crippen molar-refractivity contribution in [3.8, 4) is 0 Å². The number of aryl methyl sites for hydroxylation is 1. The fourth-order valence-corrected chi connectivity index (χ4v) is 4.94. The molecule has 6 nitrogen and oxygen atoms in total. The van der Waals surface area contributed by atoms with Gasteiger partial charge in [-0.3, -0.25) is 9.69 Å². The number of likely N-dealkylation sites (tertiary alicyclic amines) is 1. The number of nitrogens with one attached hydrogen (secondary N) is 1. The van der Waals surface area contributed by atoms with Crippen molar-refractivity contribution in [3.63, 3.8) is 0 Å². The number of amides is 1. The highest BCUT2D eigenvalue weighted by atomic mass is 32.2. The molecule has 1 unspecified atom stereocenters. The van der Waals surface area contributed by atoms with E-state index in [1.165, 1.54) is 17.0 Å². The van der Waals surface area contributed by atoms with Crippen molar-refractivity contribution in [1.82, 2.24) is 10.2 Å². The molecule has 1 atom stereocenters. The number of carbonyl (C=O) groups excluding carboxylic acids is 1. The number of rotatable bonds is 6. The van der Waals surface area contributed by atoms with Crippen molar-refractivity contribution in [2.75, 3.05) is 19.6 Å². The first-order valence-electron chi connectivity index (χ1n) is 9.45. The first-order chi connectivity index (χ1) is 13.3. The minimum atomic E-state index is -3.85. The summed E-state index contributed by atoms with van der Waals surface area (Å²) in [7, 11) is -3.85. The molecule has 1 aromatic carbocycles. The maximum atomic E-state index is 12.8. The Morgan fingerprint density at radius 2 is 2.04 bits per heavy atom. The van der Waals surface area contributed by atoms with Crippen LogP contribution in [0.1, 0.15) is 46.6 Å². The summed E-state index contributed by atoms with van der Waals surface area (Å²) >= 11 is 1.69. The average Bonchev–Trinajstić information content (AvgIpc) is 3.17. The molecule has 1 aromatic heterocycles. The molecule has 2 heterocycles. The zero-order valence-electron chi connectivity index (χ0n) is 16.2. The molecule has 0 spiro atoms. The molecule has 8 heteroatoms. The molecule has 1 amide bonds. The van der Waals surface area contributed by atoms with E-state index in [1.54, 1.807) is 24.3 Å². The summed E-state index contributed by atoms with van der Waals surface area (Å²) in [5, 5.41) is 10.3. The zero-order chi connectivity index (χ0) is 20.3. The lowest BCUT2D eigenvalue weighted by molar-refractivity contribution is 0.0914. The summed E-state index contributed by atoms with van der Waals surface area (Å²) in [4.78, 5) is 16.4. The predicted molar refractivity (Wildman–Crippen MR) is 112 cm³/mol. The summed E-state index contributed by atoms with van der Waals surface area (Å²) < 4.78 is 23.2. The van der Waals surface area contributed by atoms with Gasteiger partial charge in [-0.05, 0) is 67.9 Å². The maximum absolute atomic E-state index is 12.8. The van der Waals surface area contributed by atoms with Crippen molar-refractivity contribution in [1.29, 1.82) is 0 Å². The van der Waals surface area contributed by atoms with E-state index in [-0.39, 0.29) is 16.8 Å². The van der Waals surface area contributed by atoms with Gasteiger partial charge in [-0.15, -0.1) is 11.3 Å². The molecule has 2 aromatic rings. The number of benzene rings is 1. The van der Waals surface area contributed by atoms with Gasteiger partial charge < -0.3 is 5.32 Å². The van der Waals surface area contributed by atoms with Gasteiger partial charge in [0.05, 0.1) is 10.9 Å². The van der Waals surface area contributed by atoms with Crippen LogP contribution < -0.4 is 10.5 Å². The Hall–Kier alpha value is -1.74. The lowest BCUT2D eigenvalue weighted by Crippen LogP contribution is -2.41. The molecule has 0 bridgehead atoms. The van der Waals surface area contributed by atoms with Gasteiger partial charge in [-0.25, -0.2) is 13.6 Å². The highest BCUT2D eigenvalue weighted by Crippen LogP contribution is 2.29. The molecule has 3 rings (SSSR count). The normalized spacial score (nSPS) is 17.4. The summed E-state index contributed by atoms with van der Waals surface area (Å²) in [5.41, 5.74) is 1.05. The van der Waals surface area contributed by atoms with Gasteiger partial charge in [-0.2, -0.15) is 0 Å². The highest BCUT2D eigenvalue weighted by Gasteiger charge is 2.26. The van der Waals surface area contributed by atoms with E-state index in [9.17, 15) is 13.2 Å². The Morgan fingerprint density at radius 1 is 1.32 bits per heavy atom. The van der Waals surface area contributed by atoms with Gasteiger partial charge in [0.1, 0.15) is 0 Å².